The van der Waals surface area contributed by atoms with Gasteiger partial charge in [-0.05, 0) is 60.6 Å². The Morgan fingerprint density at radius 3 is 2.30 bits per heavy atom. The van der Waals surface area contributed by atoms with E-state index in [-0.39, 0.29) is 0 Å². The van der Waals surface area contributed by atoms with E-state index in [1.165, 1.54) is 39.0 Å². The molecule has 0 fully saturated rings. The summed E-state index contributed by atoms with van der Waals surface area (Å²) in [6.45, 7) is 6.46. The molecule has 3 rings (SSSR count). The standard InChI is InChI=1S/C20H20/c1-4-6-17-13-20-18(15(17)3)7-5-8-19(20)16-11-9-14(2)10-12-16/h4-12H,13H2,1-3H3/b6-4-. The maximum absolute atomic E-state index is 2.25. The van der Waals surface area contributed by atoms with Gasteiger partial charge in [-0.3, -0.25) is 0 Å². The van der Waals surface area contributed by atoms with Crippen molar-refractivity contribution in [2.45, 2.75) is 27.2 Å². The molecule has 20 heavy (non-hydrogen) atoms. The Hall–Kier alpha value is -2.08. The van der Waals surface area contributed by atoms with Crippen LogP contribution in [0.5, 0.6) is 0 Å². The molecular formula is C20H20. The molecule has 0 unspecified atom stereocenters. The van der Waals surface area contributed by atoms with E-state index in [4.69, 9.17) is 0 Å². The lowest BCUT2D eigenvalue weighted by molar-refractivity contribution is 1.24. The summed E-state index contributed by atoms with van der Waals surface area (Å²) in [6.07, 6.45) is 5.43. The second-order valence-corrected chi connectivity index (χ2v) is 5.52. The van der Waals surface area contributed by atoms with E-state index >= 15 is 0 Å². The van der Waals surface area contributed by atoms with Gasteiger partial charge in [-0.25, -0.2) is 0 Å². The van der Waals surface area contributed by atoms with Crippen LogP contribution in [0.4, 0.5) is 0 Å². The molecule has 1 aliphatic carbocycles. The fourth-order valence-electron chi connectivity index (χ4n) is 3.01. The van der Waals surface area contributed by atoms with Crippen LogP contribution in [0, 0.1) is 6.92 Å². The van der Waals surface area contributed by atoms with Gasteiger partial charge >= 0.3 is 0 Å². The molecule has 0 bridgehead atoms. The van der Waals surface area contributed by atoms with Crippen molar-refractivity contribution in [3.63, 3.8) is 0 Å². The number of fused-ring (bicyclic) bond motifs is 1. The van der Waals surface area contributed by atoms with Crippen molar-refractivity contribution in [3.05, 3.63) is 76.9 Å². The van der Waals surface area contributed by atoms with Gasteiger partial charge in [0.05, 0.1) is 0 Å². The van der Waals surface area contributed by atoms with Crippen LogP contribution in [0.1, 0.15) is 30.5 Å². The van der Waals surface area contributed by atoms with Crippen LogP contribution in [0.3, 0.4) is 0 Å². The van der Waals surface area contributed by atoms with Crippen LogP contribution in [0.2, 0.25) is 0 Å². The molecule has 1 aliphatic rings. The number of hydrogen-bond donors (Lipinski definition) is 0. The average molecular weight is 260 g/mol. The fourth-order valence-corrected chi connectivity index (χ4v) is 3.01. The summed E-state index contributed by atoms with van der Waals surface area (Å²) in [5.74, 6) is 0. The first kappa shape index (κ1) is 12.9. The molecule has 0 heteroatoms. The second kappa shape index (κ2) is 5.13. The van der Waals surface area contributed by atoms with Crippen LogP contribution in [-0.4, -0.2) is 0 Å². The Balaban J connectivity index is 2.10. The topological polar surface area (TPSA) is 0 Å². The summed E-state index contributed by atoms with van der Waals surface area (Å²) in [7, 11) is 0. The highest BCUT2D eigenvalue weighted by atomic mass is 14.2. The number of hydrogen-bond acceptors (Lipinski definition) is 0. The van der Waals surface area contributed by atoms with Crippen molar-refractivity contribution in [1.29, 1.82) is 0 Å². The Morgan fingerprint density at radius 2 is 1.60 bits per heavy atom. The Morgan fingerprint density at radius 1 is 0.900 bits per heavy atom. The van der Waals surface area contributed by atoms with Crippen molar-refractivity contribution in [3.8, 4) is 11.1 Å². The summed E-state index contributed by atoms with van der Waals surface area (Å²) in [4.78, 5) is 0. The van der Waals surface area contributed by atoms with Crippen LogP contribution < -0.4 is 0 Å². The van der Waals surface area contributed by atoms with Gasteiger partial charge in [0.1, 0.15) is 0 Å². The molecule has 0 amide bonds. The lowest BCUT2D eigenvalue weighted by atomic mass is 9.95. The quantitative estimate of drug-likeness (QED) is 0.662. The normalized spacial score (nSPS) is 14.2. The summed E-state index contributed by atoms with van der Waals surface area (Å²) in [5, 5.41) is 0. The highest BCUT2D eigenvalue weighted by Crippen LogP contribution is 2.38. The third-order valence-electron chi connectivity index (χ3n) is 4.16. The third-order valence-corrected chi connectivity index (χ3v) is 4.16. The number of benzene rings is 2. The van der Waals surface area contributed by atoms with Crippen LogP contribution in [0.25, 0.3) is 16.7 Å². The van der Waals surface area contributed by atoms with Gasteiger partial charge < -0.3 is 0 Å². The predicted molar refractivity (Wildman–Crippen MR) is 87.7 cm³/mol. The lowest BCUT2D eigenvalue weighted by Crippen LogP contribution is -1.90. The fraction of sp³-hybridized carbons (Fsp3) is 0.200. The van der Waals surface area contributed by atoms with Crippen molar-refractivity contribution >= 4 is 5.57 Å². The van der Waals surface area contributed by atoms with E-state index in [0.29, 0.717) is 0 Å². The van der Waals surface area contributed by atoms with Crippen molar-refractivity contribution in [2.24, 2.45) is 0 Å². The first-order valence-corrected chi connectivity index (χ1v) is 7.22. The highest BCUT2D eigenvalue weighted by Gasteiger charge is 2.19. The van der Waals surface area contributed by atoms with E-state index in [2.05, 4.69) is 75.4 Å². The zero-order valence-corrected chi connectivity index (χ0v) is 12.4. The maximum Gasteiger partial charge on any atom is -0.00108 e. The van der Waals surface area contributed by atoms with Crippen LogP contribution in [-0.2, 0) is 6.42 Å². The Labute approximate surface area is 121 Å². The SMILES string of the molecule is C/C=C\C1=C(C)c2cccc(-c3ccc(C)cc3)c2C1. The van der Waals surface area contributed by atoms with Crippen molar-refractivity contribution in [2.75, 3.05) is 0 Å². The Bertz CT molecular complexity index is 697. The molecule has 0 radical (unpaired) electrons. The summed E-state index contributed by atoms with van der Waals surface area (Å²) in [6, 6.07) is 15.5. The minimum atomic E-state index is 1.05. The molecule has 0 aliphatic heterocycles. The molecule has 0 nitrogen and oxygen atoms in total. The molecule has 0 saturated carbocycles. The molecule has 0 spiro atoms. The van der Waals surface area contributed by atoms with E-state index in [9.17, 15) is 0 Å². The molecule has 0 aromatic heterocycles. The van der Waals surface area contributed by atoms with Gasteiger partial charge in [0.15, 0.2) is 0 Å². The van der Waals surface area contributed by atoms with E-state index in [0.717, 1.165) is 6.42 Å². The molecule has 0 atom stereocenters. The summed E-state index contributed by atoms with van der Waals surface area (Å²) < 4.78 is 0. The minimum Gasteiger partial charge on any atom is -0.0874 e. The van der Waals surface area contributed by atoms with E-state index in [1.807, 2.05) is 0 Å². The summed E-state index contributed by atoms with van der Waals surface area (Å²) >= 11 is 0. The zero-order chi connectivity index (χ0) is 14.1. The maximum atomic E-state index is 2.25. The second-order valence-electron chi connectivity index (χ2n) is 5.52. The third kappa shape index (κ3) is 2.12. The first-order chi connectivity index (χ1) is 9.70. The van der Waals surface area contributed by atoms with Gasteiger partial charge in [0, 0.05) is 0 Å². The zero-order valence-electron chi connectivity index (χ0n) is 12.4. The molecule has 0 saturated heterocycles. The van der Waals surface area contributed by atoms with Crippen molar-refractivity contribution < 1.29 is 0 Å². The molecule has 0 heterocycles. The van der Waals surface area contributed by atoms with Crippen molar-refractivity contribution in [1.82, 2.24) is 0 Å². The Kier molecular flexibility index (Phi) is 3.31. The van der Waals surface area contributed by atoms with Gasteiger partial charge in [0.25, 0.3) is 0 Å². The average Bonchev–Trinajstić information content (AvgIpc) is 2.77. The van der Waals surface area contributed by atoms with E-state index < -0.39 is 0 Å². The number of rotatable bonds is 2. The number of allylic oxidation sites excluding steroid dienone is 4. The molecule has 2 aromatic rings. The van der Waals surface area contributed by atoms with Gasteiger partial charge in [0.2, 0.25) is 0 Å². The van der Waals surface area contributed by atoms with E-state index in [1.54, 1.807) is 0 Å². The molecule has 2 aromatic carbocycles. The largest absolute Gasteiger partial charge is 0.0874 e. The van der Waals surface area contributed by atoms with Crippen LogP contribution in [0.15, 0.2) is 60.2 Å². The number of aryl methyl sites for hydroxylation is 1. The molecule has 100 valence electrons. The molecular weight excluding hydrogens is 240 g/mol. The van der Waals surface area contributed by atoms with Gasteiger partial charge in [-0.15, -0.1) is 0 Å². The predicted octanol–water partition coefficient (Wildman–Crippen LogP) is 5.57. The van der Waals surface area contributed by atoms with Crippen LogP contribution >= 0.6 is 0 Å². The van der Waals surface area contributed by atoms with Gasteiger partial charge in [-0.2, -0.15) is 0 Å². The smallest absolute Gasteiger partial charge is 0.00108 e. The first-order valence-electron chi connectivity index (χ1n) is 7.22. The monoisotopic (exact) mass is 260 g/mol. The molecule has 0 N–H and O–H groups in total. The summed E-state index contributed by atoms with van der Waals surface area (Å²) in [5.41, 5.74) is 9.76. The lowest BCUT2D eigenvalue weighted by Gasteiger charge is -2.10. The van der Waals surface area contributed by atoms with Gasteiger partial charge in [-0.1, -0.05) is 60.2 Å². The highest BCUT2D eigenvalue weighted by molar-refractivity contribution is 5.84. The minimum absolute atomic E-state index is 1.05.